The van der Waals surface area contributed by atoms with Gasteiger partial charge in [0.15, 0.2) is 0 Å². The number of carbonyl (C=O) groups excluding carboxylic acids is 1. The quantitative estimate of drug-likeness (QED) is 0.856. The van der Waals surface area contributed by atoms with Crippen LogP contribution in [0.15, 0.2) is 24.3 Å². The maximum atomic E-state index is 12.6. The fourth-order valence-corrected chi connectivity index (χ4v) is 3.13. The fourth-order valence-electron chi connectivity index (χ4n) is 3.13. The number of aromatic nitrogens is 1. The van der Waals surface area contributed by atoms with Crippen LogP contribution in [0.4, 0.5) is 0 Å². The summed E-state index contributed by atoms with van der Waals surface area (Å²) in [7, 11) is 0. The zero-order chi connectivity index (χ0) is 16.9. The van der Waals surface area contributed by atoms with E-state index in [4.69, 9.17) is 4.74 Å². The Morgan fingerprint density at radius 2 is 2.08 bits per heavy atom. The molecule has 1 fully saturated rings. The summed E-state index contributed by atoms with van der Waals surface area (Å²) in [6, 6.07) is 7.85. The third kappa shape index (κ3) is 3.91. The molecule has 2 heterocycles. The lowest BCUT2D eigenvalue weighted by Gasteiger charge is -2.26. The lowest BCUT2D eigenvalue weighted by Crippen LogP contribution is -2.38. The second kappa shape index (κ2) is 7.73. The second-order valence-corrected chi connectivity index (χ2v) is 6.35. The Kier molecular flexibility index (Phi) is 5.43. The first kappa shape index (κ1) is 16.9. The standard InChI is InChI=1S/C19H25N3O2/c1-14-5-3-6-16-17(13-15(2)21-18(14)16)19(23)20-7-4-8-22-9-11-24-12-10-22/h3,5-6,13H,4,7-12H2,1-2H3,(H,20,23). The van der Waals surface area contributed by atoms with Crippen molar-refractivity contribution in [2.45, 2.75) is 20.3 Å². The number of nitrogens with zero attached hydrogens (tertiary/aromatic N) is 2. The molecule has 0 unspecified atom stereocenters. The number of pyridine rings is 1. The van der Waals surface area contributed by atoms with Crippen LogP contribution in [0.2, 0.25) is 0 Å². The lowest BCUT2D eigenvalue weighted by atomic mass is 10.0. The number of aryl methyl sites for hydroxylation is 2. The average Bonchev–Trinajstić information content (AvgIpc) is 2.59. The number of benzene rings is 1. The highest BCUT2D eigenvalue weighted by Gasteiger charge is 2.13. The van der Waals surface area contributed by atoms with Crippen molar-refractivity contribution in [3.8, 4) is 0 Å². The molecule has 1 N–H and O–H groups in total. The van der Waals surface area contributed by atoms with Crippen molar-refractivity contribution >= 4 is 16.8 Å². The van der Waals surface area contributed by atoms with E-state index in [1.807, 2.05) is 38.1 Å². The summed E-state index contributed by atoms with van der Waals surface area (Å²) in [5.74, 6) is -0.0157. The highest BCUT2D eigenvalue weighted by atomic mass is 16.5. The summed E-state index contributed by atoms with van der Waals surface area (Å²) < 4.78 is 5.35. The molecule has 0 radical (unpaired) electrons. The maximum Gasteiger partial charge on any atom is 0.252 e. The molecule has 2 aromatic rings. The smallest absolute Gasteiger partial charge is 0.252 e. The molecule has 1 aromatic heterocycles. The zero-order valence-electron chi connectivity index (χ0n) is 14.5. The fraction of sp³-hybridized carbons (Fsp3) is 0.474. The van der Waals surface area contributed by atoms with Crippen molar-refractivity contribution in [3.05, 3.63) is 41.1 Å². The Hall–Kier alpha value is -1.98. The summed E-state index contributed by atoms with van der Waals surface area (Å²) in [6.45, 7) is 9.24. The van der Waals surface area contributed by atoms with Gasteiger partial charge >= 0.3 is 0 Å². The first-order chi connectivity index (χ1) is 11.6. The molecule has 1 aromatic carbocycles. The van der Waals surface area contributed by atoms with Gasteiger partial charge in [-0.05, 0) is 38.4 Å². The highest BCUT2D eigenvalue weighted by Crippen LogP contribution is 2.21. The van der Waals surface area contributed by atoms with Gasteiger partial charge in [0.05, 0.1) is 24.3 Å². The second-order valence-electron chi connectivity index (χ2n) is 6.35. The number of carbonyl (C=O) groups is 1. The minimum absolute atomic E-state index is 0.0157. The van der Waals surface area contributed by atoms with Crippen molar-refractivity contribution in [2.75, 3.05) is 39.4 Å². The van der Waals surface area contributed by atoms with Gasteiger partial charge in [0.25, 0.3) is 5.91 Å². The predicted molar refractivity (Wildman–Crippen MR) is 95.4 cm³/mol. The number of morpholine rings is 1. The van der Waals surface area contributed by atoms with Crippen LogP contribution >= 0.6 is 0 Å². The van der Waals surface area contributed by atoms with Crippen LogP contribution in [0.1, 0.15) is 28.0 Å². The van der Waals surface area contributed by atoms with Crippen LogP contribution < -0.4 is 5.32 Å². The van der Waals surface area contributed by atoms with E-state index >= 15 is 0 Å². The van der Waals surface area contributed by atoms with Gasteiger partial charge in [0.1, 0.15) is 0 Å². The molecular weight excluding hydrogens is 302 g/mol. The molecular formula is C19H25N3O2. The van der Waals surface area contributed by atoms with E-state index in [9.17, 15) is 4.79 Å². The molecule has 0 atom stereocenters. The molecule has 1 saturated heterocycles. The molecule has 0 spiro atoms. The van der Waals surface area contributed by atoms with Gasteiger partial charge in [-0.2, -0.15) is 0 Å². The number of fused-ring (bicyclic) bond motifs is 1. The van der Waals surface area contributed by atoms with Gasteiger partial charge < -0.3 is 10.1 Å². The van der Waals surface area contributed by atoms with Crippen molar-refractivity contribution in [2.24, 2.45) is 0 Å². The summed E-state index contributed by atoms with van der Waals surface area (Å²) in [6.07, 6.45) is 0.951. The molecule has 0 aliphatic carbocycles. The summed E-state index contributed by atoms with van der Waals surface area (Å²) in [5.41, 5.74) is 3.59. The number of hydrogen-bond acceptors (Lipinski definition) is 4. The molecule has 0 bridgehead atoms. The normalized spacial score (nSPS) is 15.6. The predicted octanol–water partition coefficient (Wildman–Crippen LogP) is 2.30. The summed E-state index contributed by atoms with van der Waals surface area (Å²) >= 11 is 0. The molecule has 5 nitrogen and oxygen atoms in total. The van der Waals surface area contributed by atoms with Gasteiger partial charge in [0.2, 0.25) is 0 Å². The topological polar surface area (TPSA) is 54.5 Å². The number of ether oxygens (including phenoxy) is 1. The Bertz CT molecular complexity index is 724. The molecule has 5 heteroatoms. The monoisotopic (exact) mass is 327 g/mol. The molecule has 0 saturated carbocycles. The van der Waals surface area contributed by atoms with E-state index in [-0.39, 0.29) is 5.91 Å². The largest absolute Gasteiger partial charge is 0.379 e. The van der Waals surface area contributed by atoms with Gasteiger partial charge in [0, 0.05) is 30.7 Å². The van der Waals surface area contributed by atoms with Crippen molar-refractivity contribution in [1.29, 1.82) is 0 Å². The minimum Gasteiger partial charge on any atom is -0.379 e. The molecule has 1 amide bonds. The third-order valence-electron chi connectivity index (χ3n) is 4.45. The molecule has 24 heavy (non-hydrogen) atoms. The highest BCUT2D eigenvalue weighted by molar-refractivity contribution is 6.06. The van der Waals surface area contributed by atoms with Gasteiger partial charge in [-0.25, -0.2) is 0 Å². The Labute approximate surface area is 143 Å². The van der Waals surface area contributed by atoms with Crippen molar-refractivity contribution in [1.82, 2.24) is 15.2 Å². The van der Waals surface area contributed by atoms with E-state index in [0.29, 0.717) is 12.1 Å². The first-order valence-corrected chi connectivity index (χ1v) is 8.60. The van der Waals surface area contributed by atoms with Crippen LogP contribution in [0.25, 0.3) is 10.9 Å². The number of hydrogen-bond donors (Lipinski definition) is 1. The van der Waals surface area contributed by atoms with Crippen LogP contribution in [0, 0.1) is 13.8 Å². The molecule has 1 aliphatic heterocycles. The van der Waals surface area contributed by atoms with Crippen LogP contribution in [-0.4, -0.2) is 55.2 Å². The van der Waals surface area contributed by atoms with E-state index < -0.39 is 0 Å². The van der Waals surface area contributed by atoms with Gasteiger partial charge in [-0.1, -0.05) is 18.2 Å². The maximum absolute atomic E-state index is 12.6. The SMILES string of the molecule is Cc1cc(C(=O)NCCCN2CCOCC2)c2cccc(C)c2n1. The minimum atomic E-state index is -0.0157. The zero-order valence-corrected chi connectivity index (χ0v) is 14.5. The summed E-state index contributed by atoms with van der Waals surface area (Å²) in [4.78, 5) is 19.6. The Morgan fingerprint density at radius 1 is 1.29 bits per heavy atom. The van der Waals surface area contributed by atoms with E-state index in [1.54, 1.807) is 0 Å². The first-order valence-electron chi connectivity index (χ1n) is 8.60. The number of amides is 1. The number of rotatable bonds is 5. The van der Waals surface area contributed by atoms with Gasteiger partial charge in [-0.3, -0.25) is 14.7 Å². The molecule has 3 rings (SSSR count). The Morgan fingerprint density at radius 3 is 2.88 bits per heavy atom. The third-order valence-corrected chi connectivity index (χ3v) is 4.45. The summed E-state index contributed by atoms with van der Waals surface area (Å²) in [5, 5.41) is 3.98. The average molecular weight is 327 g/mol. The Balaban J connectivity index is 1.62. The van der Waals surface area contributed by atoms with Crippen molar-refractivity contribution < 1.29 is 9.53 Å². The van der Waals surface area contributed by atoms with Gasteiger partial charge in [-0.15, -0.1) is 0 Å². The van der Waals surface area contributed by atoms with Crippen LogP contribution in [-0.2, 0) is 4.74 Å². The van der Waals surface area contributed by atoms with Crippen molar-refractivity contribution in [3.63, 3.8) is 0 Å². The number of nitrogens with one attached hydrogen (secondary N) is 1. The van der Waals surface area contributed by atoms with E-state index in [0.717, 1.165) is 61.4 Å². The lowest BCUT2D eigenvalue weighted by molar-refractivity contribution is 0.0374. The van der Waals surface area contributed by atoms with Crippen LogP contribution in [0.5, 0.6) is 0 Å². The molecule has 1 aliphatic rings. The van der Waals surface area contributed by atoms with Crippen LogP contribution in [0.3, 0.4) is 0 Å². The molecule has 128 valence electrons. The van der Waals surface area contributed by atoms with E-state index in [2.05, 4.69) is 15.2 Å². The van der Waals surface area contributed by atoms with E-state index in [1.165, 1.54) is 0 Å². The number of para-hydroxylation sites is 1.